The van der Waals surface area contributed by atoms with Crippen LogP contribution in [0.4, 0.5) is 0 Å². The van der Waals surface area contributed by atoms with Crippen LogP contribution in [0.3, 0.4) is 0 Å². The van der Waals surface area contributed by atoms with Crippen LogP contribution in [0.5, 0.6) is 0 Å². The van der Waals surface area contributed by atoms with Crippen LogP contribution in [-0.2, 0) is 33.6 Å². The predicted octanol–water partition coefficient (Wildman–Crippen LogP) is 2.72. The second kappa shape index (κ2) is 37.3. The lowest BCUT2D eigenvalue weighted by Crippen LogP contribution is -2.58. The van der Waals surface area contributed by atoms with E-state index in [1.807, 2.05) is 19.1 Å². The summed E-state index contributed by atoms with van der Waals surface area (Å²) in [6.45, 7) is 16.6. The van der Waals surface area contributed by atoms with E-state index in [4.69, 9.17) is 52.6 Å². The Morgan fingerprint density at radius 2 is 1.11 bits per heavy atom. The van der Waals surface area contributed by atoms with E-state index in [-0.39, 0.29) is 54.5 Å². The minimum absolute atomic E-state index is 0. The highest BCUT2D eigenvalue weighted by atomic mass is 16.4. The van der Waals surface area contributed by atoms with Gasteiger partial charge in [-0.25, -0.2) is 10.9 Å². The number of nitriles is 2. The molecule has 0 aromatic heterocycles. The molecule has 1 amide bonds. The number of nitrogens with one attached hydrogen (secondary N) is 3. The van der Waals surface area contributed by atoms with Gasteiger partial charge in [-0.3, -0.25) is 33.6 Å². The average Bonchev–Trinajstić information content (AvgIpc) is 3.20. The Kier molecular flexibility index (Phi) is 39.4. The number of carbonyl (C=O) groups excluding carboxylic acids is 2. The Hall–Kier alpha value is -5.71. The van der Waals surface area contributed by atoms with E-state index in [2.05, 4.69) is 35.9 Å². The number of amides is 1. The monoisotopic (exact) mass is 871 g/mol. The zero-order valence-corrected chi connectivity index (χ0v) is 35.8. The van der Waals surface area contributed by atoms with Crippen molar-refractivity contribution < 1.29 is 69.7 Å². The van der Waals surface area contributed by atoms with E-state index in [1.165, 1.54) is 26.0 Å². The van der Waals surface area contributed by atoms with Crippen LogP contribution >= 0.6 is 0 Å². The van der Waals surface area contributed by atoms with E-state index in [1.54, 1.807) is 6.92 Å². The van der Waals surface area contributed by atoms with Crippen molar-refractivity contribution in [2.45, 2.75) is 141 Å². The number of aliphatic carboxylic acids is 5. The lowest BCUT2D eigenvalue weighted by atomic mass is 9.93. The van der Waals surface area contributed by atoms with Gasteiger partial charge < -0.3 is 52.9 Å². The molecule has 0 radical (unpaired) electrons. The summed E-state index contributed by atoms with van der Waals surface area (Å²) in [5.41, 5.74) is 13.6. The summed E-state index contributed by atoms with van der Waals surface area (Å²) in [6, 6.07) is 2.23. The molecular weight excluding hydrogens is 802 g/mol. The van der Waals surface area contributed by atoms with Crippen LogP contribution in [0.2, 0.25) is 0 Å². The molecule has 0 aliphatic carbocycles. The van der Waals surface area contributed by atoms with Crippen molar-refractivity contribution in [2.75, 3.05) is 6.54 Å². The van der Waals surface area contributed by atoms with Crippen molar-refractivity contribution in [1.29, 1.82) is 10.5 Å². The molecule has 0 aliphatic rings. The van der Waals surface area contributed by atoms with Gasteiger partial charge in [-0.2, -0.15) is 10.5 Å². The standard InChI is InChI=1S/C14H26N2O5.C12H18N4O4.C10H17NO3.C4H6O.H2O/c1-3-10(8-9(2)13(18)19)12(17)16-7-5-4-6-11(15)14(20)21;1-11(7-13,5-3-9(17)18)15-16-12(2,8-14)6-4-10(19)20;1-2-8(12)6-4-3-5-7-9(11)10(13)14;1-3-4(2)5;/h9-11H,3-8,15H2,1-2H3,(H,16,17)(H,18,19)(H,20,21);15-16H,3-6H2,1-2H3,(H,17,18)(H,19,20);2,9H,1,3-7,11H2,(H,13,14);3,5H,1-2H2;1H2/t9?,10?,11-;;9-;;/m0.0../s1. The third-order valence-electron chi connectivity index (χ3n) is 8.49. The second-order valence-corrected chi connectivity index (χ2v) is 14.1. The molecule has 0 aliphatic heterocycles. The lowest BCUT2D eigenvalue weighted by molar-refractivity contribution is -0.142. The normalized spacial score (nSPS) is 13.8. The minimum atomic E-state index is -1.17. The summed E-state index contributed by atoms with van der Waals surface area (Å²) in [5.74, 6) is -5.88. The maximum absolute atomic E-state index is 11.9. The molecule has 0 bridgehead atoms. The van der Waals surface area contributed by atoms with E-state index in [0.29, 0.717) is 51.5 Å². The van der Waals surface area contributed by atoms with Gasteiger partial charge in [-0.05, 0) is 83.8 Å². The fourth-order valence-electron chi connectivity index (χ4n) is 4.30. The van der Waals surface area contributed by atoms with Crippen LogP contribution < -0.4 is 27.6 Å². The Balaban J connectivity index is -0.000000245. The zero-order valence-electron chi connectivity index (χ0n) is 35.8. The van der Waals surface area contributed by atoms with Gasteiger partial charge in [0.25, 0.3) is 0 Å². The maximum atomic E-state index is 11.9. The molecule has 0 spiro atoms. The van der Waals surface area contributed by atoms with Gasteiger partial charge >= 0.3 is 29.8 Å². The smallest absolute Gasteiger partial charge is 0.320 e. The zero-order chi connectivity index (χ0) is 47.5. The third kappa shape index (κ3) is 39.5. The van der Waals surface area contributed by atoms with Gasteiger partial charge in [0.1, 0.15) is 28.9 Å². The first-order valence-electron chi connectivity index (χ1n) is 19.2. The van der Waals surface area contributed by atoms with Crippen LogP contribution in [0.25, 0.3) is 0 Å². The number of hydrogen-bond donors (Lipinski definition) is 11. The first-order valence-corrected chi connectivity index (χ1v) is 19.2. The quantitative estimate of drug-likeness (QED) is 0.0169. The first-order chi connectivity index (χ1) is 27.8. The molecule has 4 unspecified atom stereocenters. The fourth-order valence-corrected chi connectivity index (χ4v) is 4.30. The Morgan fingerprint density at radius 1 is 0.705 bits per heavy atom. The second-order valence-electron chi connectivity index (χ2n) is 14.1. The Labute approximate surface area is 357 Å². The van der Waals surface area contributed by atoms with Crippen LogP contribution in [-0.4, -0.2) is 107 Å². The SMILES string of the molecule is C=CC(=C)O.C=CC(=O)CCCCC[C@H](N)C(=O)O.CC(C#N)(CCC(=O)O)NNC(C)(C#N)CCC(=O)O.CCC(CC(C)C(=O)O)C(=O)NCCCC[C@H](N)C(=O)O.O. The van der Waals surface area contributed by atoms with Gasteiger partial charge in [0.15, 0.2) is 5.78 Å². The topological polar surface area (TPSA) is 408 Å². The van der Waals surface area contributed by atoms with Crippen LogP contribution in [0.1, 0.15) is 118 Å². The molecule has 0 rings (SSSR count). The number of unbranched alkanes of at least 4 members (excludes halogenated alkanes) is 3. The number of nitrogens with zero attached hydrogens (tertiary/aromatic N) is 2. The largest absolute Gasteiger partial charge is 0.509 e. The van der Waals surface area contributed by atoms with Gasteiger partial charge in [0.05, 0.1) is 18.1 Å². The molecule has 0 heterocycles. The van der Waals surface area contributed by atoms with Gasteiger partial charge in [0, 0.05) is 31.7 Å². The third-order valence-corrected chi connectivity index (χ3v) is 8.49. The Morgan fingerprint density at radius 3 is 1.43 bits per heavy atom. The number of hydrazine groups is 1. The number of rotatable bonds is 29. The summed E-state index contributed by atoms with van der Waals surface area (Å²) in [6.07, 6.45) is 8.16. The van der Waals surface area contributed by atoms with Gasteiger partial charge in [0.2, 0.25) is 5.91 Å². The number of ketones is 1. The number of aliphatic hydroxyl groups excluding tert-OH is 1. The molecule has 61 heavy (non-hydrogen) atoms. The molecule has 6 atom stereocenters. The summed E-state index contributed by atoms with van der Waals surface area (Å²) in [4.78, 5) is 75.4. The van der Waals surface area contributed by atoms with E-state index < -0.39 is 58.9 Å². The summed E-state index contributed by atoms with van der Waals surface area (Å²) < 4.78 is 0. The molecule has 0 aromatic rings. The first kappa shape index (κ1) is 64.4. The molecule has 348 valence electrons. The van der Waals surface area contributed by atoms with Crippen LogP contribution in [0, 0.1) is 34.5 Å². The highest BCUT2D eigenvalue weighted by molar-refractivity contribution is 5.88. The number of allylic oxidation sites excluding steroid dienone is 2. The number of carboxylic acids is 5. The molecule has 0 aromatic carbocycles. The highest BCUT2D eigenvalue weighted by Gasteiger charge is 2.30. The van der Waals surface area contributed by atoms with Crippen molar-refractivity contribution in [2.24, 2.45) is 23.3 Å². The number of carbonyl (C=O) groups is 7. The Bertz CT molecular complexity index is 1440. The lowest BCUT2D eigenvalue weighted by Gasteiger charge is -2.30. The van der Waals surface area contributed by atoms with Gasteiger partial charge in [-0.1, -0.05) is 46.4 Å². The minimum Gasteiger partial charge on any atom is -0.509 e. The molecule has 0 saturated carbocycles. The number of aliphatic hydroxyl groups is 1. The molecule has 15 N–H and O–H groups in total. The average molecular weight is 872 g/mol. The fraction of sp³-hybridized carbons (Fsp3) is 0.625. The number of nitrogens with two attached hydrogens (primary N) is 2. The van der Waals surface area contributed by atoms with Crippen LogP contribution in [0.15, 0.2) is 37.6 Å². The van der Waals surface area contributed by atoms with Gasteiger partial charge in [-0.15, -0.1) is 0 Å². The number of carboxylic acid groups (broad SMARTS) is 5. The van der Waals surface area contributed by atoms with Crippen molar-refractivity contribution in [3.63, 3.8) is 0 Å². The van der Waals surface area contributed by atoms with E-state index in [0.717, 1.165) is 19.3 Å². The molecule has 0 saturated heterocycles. The van der Waals surface area contributed by atoms with Crippen molar-refractivity contribution in [3.05, 3.63) is 37.6 Å². The summed E-state index contributed by atoms with van der Waals surface area (Å²) >= 11 is 0. The molecule has 0 fully saturated rings. The highest BCUT2D eigenvalue weighted by Crippen LogP contribution is 2.17. The summed E-state index contributed by atoms with van der Waals surface area (Å²) in [7, 11) is 0. The van der Waals surface area contributed by atoms with E-state index in [9.17, 15) is 33.6 Å². The van der Waals surface area contributed by atoms with E-state index >= 15 is 0 Å². The predicted molar refractivity (Wildman–Crippen MR) is 225 cm³/mol. The maximum Gasteiger partial charge on any atom is 0.320 e. The molecule has 21 heteroatoms. The summed E-state index contributed by atoms with van der Waals surface area (Å²) in [5, 5.41) is 72.1. The van der Waals surface area contributed by atoms with Crippen molar-refractivity contribution in [3.8, 4) is 12.1 Å². The van der Waals surface area contributed by atoms with Crippen molar-refractivity contribution >= 4 is 41.5 Å². The molecular formula is C40H69N7O14. The number of hydrogen-bond acceptors (Lipinski definition) is 14. The molecule has 21 nitrogen and oxygen atoms in total. The van der Waals surface area contributed by atoms with Crippen molar-refractivity contribution in [1.82, 2.24) is 16.2 Å².